The summed E-state index contributed by atoms with van der Waals surface area (Å²) in [6.45, 7) is 2.28. The minimum Gasteiger partial charge on any atom is -0.385 e. The van der Waals surface area contributed by atoms with Gasteiger partial charge in [0, 0.05) is 43.7 Å². The first-order valence-corrected chi connectivity index (χ1v) is 10.00. The molecule has 2 N–H and O–H groups in total. The molecule has 4 rings (SSSR count). The summed E-state index contributed by atoms with van der Waals surface area (Å²) in [4.78, 5) is 26.3. The number of carbonyl (C=O) groups is 2. The zero-order chi connectivity index (χ0) is 19.6. The first kappa shape index (κ1) is 18.8. The molecule has 2 heterocycles. The minimum absolute atomic E-state index is 0.0344. The first-order chi connectivity index (χ1) is 13.5. The molecule has 0 saturated carbocycles. The highest BCUT2D eigenvalue weighted by atomic mass is 16.3. The molecule has 0 radical (unpaired) electrons. The van der Waals surface area contributed by atoms with E-state index in [-0.39, 0.29) is 11.7 Å². The number of fused-ring (bicyclic) bond motifs is 1. The Morgan fingerprint density at radius 2 is 1.82 bits per heavy atom. The van der Waals surface area contributed by atoms with Crippen molar-refractivity contribution in [3.05, 3.63) is 65.2 Å². The number of nitrogens with zero attached hydrogens (tertiary/aromatic N) is 1. The molecule has 0 bridgehead atoms. The highest BCUT2D eigenvalue weighted by Crippen LogP contribution is 2.32. The summed E-state index contributed by atoms with van der Waals surface area (Å²) in [6, 6.07) is 15.4. The molecule has 2 aromatic rings. The van der Waals surface area contributed by atoms with Crippen LogP contribution in [0.3, 0.4) is 0 Å². The molecule has 0 aliphatic carbocycles. The predicted octanol–water partition coefficient (Wildman–Crippen LogP) is 3.13. The lowest BCUT2D eigenvalue weighted by molar-refractivity contribution is -0.116. The van der Waals surface area contributed by atoms with Crippen LogP contribution in [-0.4, -0.2) is 41.3 Å². The van der Waals surface area contributed by atoms with Crippen molar-refractivity contribution in [2.24, 2.45) is 0 Å². The average molecular weight is 378 g/mol. The Morgan fingerprint density at radius 3 is 2.57 bits per heavy atom. The molecule has 1 amide bonds. The molecular weight excluding hydrogens is 352 g/mol. The molecule has 5 nitrogen and oxygen atoms in total. The smallest absolute Gasteiger partial charge is 0.224 e. The monoisotopic (exact) mass is 378 g/mol. The fourth-order valence-corrected chi connectivity index (χ4v) is 4.14. The summed E-state index contributed by atoms with van der Waals surface area (Å²) in [5, 5.41) is 13.8. The highest BCUT2D eigenvalue weighted by Gasteiger charge is 2.33. The molecule has 0 atom stereocenters. The molecule has 28 heavy (non-hydrogen) atoms. The number of benzene rings is 2. The maximum Gasteiger partial charge on any atom is 0.224 e. The van der Waals surface area contributed by atoms with Gasteiger partial charge in [0.25, 0.3) is 0 Å². The predicted molar refractivity (Wildman–Crippen MR) is 108 cm³/mol. The highest BCUT2D eigenvalue weighted by molar-refractivity contribution is 5.99. The summed E-state index contributed by atoms with van der Waals surface area (Å²) >= 11 is 0. The zero-order valence-electron chi connectivity index (χ0n) is 16.0. The Bertz CT molecular complexity index is 871. The number of amides is 1. The van der Waals surface area contributed by atoms with Gasteiger partial charge < -0.3 is 15.3 Å². The standard InChI is InChI=1S/C23H26N2O3/c26-21(18-6-8-20-17(16-18)7-9-22(27)24-20)10-13-25-14-11-23(28,12-15-25)19-4-2-1-3-5-19/h1-6,8,16,28H,7,9-15H2,(H,24,27). The number of carbonyl (C=O) groups excluding carboxylic acids is 2. The van der Waals surface area contributed by atoms with Crippen LogP contribution in [0.25, 0.3) is 0 Å². The molecule has 1 fully saturated rings. The molecule has 2 aromatic carbocycles. The lowest BCUT2D eigenvalue weighted by atomic mass is 9.84. The quantitative estimate of drug-likeness (QED) is 0.785. The first-order valence-electron chi connectivity index (χ1n) is 10.00. The lowest BCUT2D eigenvalue weighted by Crippen LogP contribution is -2.43. The topological polar surface area (TPSA) is 69.6 Å². The van der Waals surface area contributed by atoms with Crippen LogP contribution in [-0.2, 0) is 16.8 Å². The van der Waals surface area contributed by atoms with Gasteiger partial charge >= 0.3 is 0 Å². The van der Waals surface area contributed by atoms with E-state index in [1.165, 1.54) is 0 Å². The second-order valence-electron chi connectivity index (χ2n) is 7.83. The number of aryl methyl sites for hydroxylation is 1. The van der Waals surface area contributed by atoms with Gasteiger partial charge in [-0.25, -0.2) is 0 Å². The average Bonchev–Trinajstić information content (AvgIpc) is 2.73. The molecule has 5 heteroatoms. The number of ketones is 1. The molecule has 146 valence electrons. The Morgan fingerprint density at radius 1 is 1.07 bits per heavy atom. The second-order valence-corrected chi connectivity index (χ2v) is 7.83. The molecule has 1 saturated heterocycles. The fourth-order valence-electron chi connectivity index (χ4n) is 4.14. The van der Waals surface area contributed by atoms with Crippen molar-refractivity contribution in [2.45, 2.75) is 37.7 Å². The van der Waals surface area contributed by atoms with Crippen molar-refractivity contribution in [1.82, 2.24) is 4.90 Å². The van der Waals surface area contributed by atoms with E-state index < -0.39 is 5.60 Å². The summed E-state index contributed by atoms with van der Waals surface area (Å²) in [5.74, 6) is 0.163. The van der Waals surface area contributed by atoms with Gasteiger partial charge in [0.1, 0.15) is 0 Å². The molecule has 0 spiro atoms. The van der Waals surface area contributed by atoms with Crippen molar-refractivity contribution >= 4 is 17.4 Å². The van der Waals surface area contributed by atoms with Gasteiger partial charge in [-0.3, -0.25) is 9.59 Å². The van der Waals surface area contributed by atoms with Crippen LogP contribution in [0.15, 0.2) is 48.5 Å². The fraction of sp³-hybridized carbons (Fsp3) is 0.391. The number of rotatable bonds is 5. The lowest BCUT2D eigenvalue weighted by Gasteiger charge is -2.38. The SMILES string of the molecule is O=C1CCc2cc(C(=O)CCN3CCC(O)(c4ccccc4)CC3)ccc2N1. The third kappa shape index (κ3) is 4.01. The third-order valence-corrected chi connectivity index (χ3v) is 5.97. The number of piperidine rings is 1. The Kier molecular flexibility index (Phi) is 5.29. The number of aliphatic hydroxyl groups is 1. The van der Waals surface area contributed by atoms with Gasteiger partial charge in [-0.05, 0) is 48.6 Å². The Labute approximate surface area is 165 Å². The Hall–Kier alpha value is -2.50. The van der Waals surface area contributed by atoms with Crippen LogP contribution in [0.1, 0.15) is 47.2 Å². The summed E-state index contributed by atoms with van der Waals surface area (Å²) < 4.78 is 0. The second kappa shape index (κ2) is 7.86. The van der Waals surface area contributed by atoms with Crippen molar-refractivity contribution in [1.29, 1.82) is 0 Å². The van der Waals surface area contributed by atoms with E-state index in [0.717, 1.165) is 29.9 Å². The largest absolute Gasteiger partial charge is 0.385 e. The van der Waals surface area contributed by atoms with Crippen molar-refractivity contribution in [2.75, 3.05) is 25.0 Å². The van der Waals surface area contributed by atoms with Crippen LogP contribution >= 0.6 is 0 Å². The summed E-state index contributed by atoms with van der Waals surface area (Å²) in [7, 11) is 0. The van der Waals surface area contributed by atoms with E-state index in [4.69, 9.17) is 0 Å². The van der Waals surface area contributed by atoms with E-state index in [0.29, 0.717) is 44.2 Å². The van der Waals surface area contributed by atoms with Crippen LogP contribution in [0.2, 0.25) is 0 Å². The summed E-state index contributed by atoms with van der Waals surface area (Å²) in [5.41, 5.74) is 2.80. The van der Waals surface area contributed by atoms with Gasteiger partial charge in [0.15, 0.2) is 5.78 Å². The van der Waals surface area contributed by atoms with E-state index in [1.54, 1.807) is 6.07 Å². The van der Waals surface area contributed by atoms with E-state index >= 15 is 0 Å². The van der Waals surface area contributed by atoms with Gasteiger partial charge in [0.2, 0.25) is 5.91 Å². The van der Waals surface area contributed by atoms with Gasteiger partial charge in [-0.2, -0.15) is 0 Å². The van der Waals surface area contributed by atoms with E-state index in [9.17, 15) is 14.7 Å². The zero-order valence-corrected chi connectivity index (χ0v) is 16.0. The molecule has 2 aliphatic rings. The van der Waals surface area contributed by atoms with Crippen LogP contribution in [0, 0.1) is 0 Å². The maximum absolute atomic E-state index is 12.6. The van der Waals surface area contributed by atoms with Gasteiger partial charge in [0.05, 0.1) is 5.60 Å². The van der Waals surface area contributed by atoms with Crippen LogP contribution in [0.4, 0.5) is 5.69 Å². The molecule has 0 unspecified atom stereocenters. The third-order valence-electron chi connectivity index (χ3n) is 5.97. The number of hydrogen-bond acceptors (Lipinski definition) is 4. The van der Waals surface area contributed by atoms with E-state index in [2.05, 4.69) is 10.2 Å². The summed E-state index contributed by atoms with van der Waals surface area (Å²) in [6.07, 6.45) is 3.00. The van der Waals surface area contributed by atoms with Crippen molar-refractivity contribution in [3.8, 4) is 0 Å². The van der Waals surface area contributed by atoms with Crippen molar-refractivity contribution < 1.29 is 14.7 Å². The van der Waals surface area contributed by atoms with E-state index in [1.807, 2.05) is 42.5 Å². The minimum atomic E-state index is -0.759. The maximum atomic E-state index is 12.6. The van der Waals surface area contributed by atoms with Gasteiger partial charge in [-0.15, -0.1) is 0 Å². The Balaban J connectivity index is 1.31. The molecule has 2 aliphatic heterocycles. The number of likely N-dealkylation sites (tertiary alicyclic amines) is 1. The number of anilines is 1. The number of hydrogen-bond donors (Lipinski definition) is 2. The van der Waals surface area contributed by atoms with Crippen LogP contribution in [0.5, 0.6) is 0 Å². The van der Waals surface area contributed by atoms with Crippen LogP contribution < -0.4 is 5.32 Å². The normalized spacial score (nSPS) is 19.0. The van der Waals surface area contributed by atoms with Crippen molar-refractivity contribution in [3.63, 3.8) is 0 Å². The molecular formula is C23H26N2O3. The molecule has 0 aromatic heterocycles. The number of Topliss-reactive ketones (excluding diaryl/α,β-unsaturated/α-hetero) is 1. The number of nitrogens with one attached hydrogen (secondary N) is 1. The van der Waals surface area contributed by atoms with Gasteiger partial charge in [-0.1, -0.05) is 30.3 Å².